The molecule has 0 aliphatic carbocycles. The molecule has 1 aromatic heterocycles. The van der Waals surface area contributed by atoms with Crippen molar-refractivity contribution in [2.45, 2.75) is 77.1 Å². The van der Waals surface area contributed by atoms with Crippen molar-refractivity contribution in [3.8, 4) is 11.8 Å². The van der Waals surface area contributed by atoms with E-state index in [1.54, 1.807) is 24.5 Å². The largest absolute Gasteiger partial charge is 0.424 e. The minimum Gasteiger partial charge on any atom is -0.424 e. The monoisotopic (exact) mass is 445 g/mol. The number of ether oxygens (including phenoxy) is 1. The Labute approximate surface area is 187 Å². The minimum absolute atomic E-state index is 0.259. The minimum atomic E-state index is -1.85. The molecule has 0 saturated carbocycles. The molecule has 2 aromatic rings. The summed E-state index contributed by atoms with van der Waals surface area (Å²) in [6.45, 7) is 15.9. The molecule has 0 bridgehead atoms. The van der Waals surface area contributed by atoms with E-state index in [9.17, 15) is 4.39 Å². The van der Waals surface area contributed by atoms with Crippen molar-refractivity contribution in [2.24, 2.45) is 0 Å². The fourth-order valence-corrected chi connectivity index (χ4v) is 10.7. The molecule has 1 aliphatic rings. The van der Waals surface area contributed by atoms with Gasteiger partial charge in [0, 0.05) is 19.2 Å². The highest BCUT2D eigenvalue weighted by atomic mass is 28.4. The third-order valence-corrected chi connectivity index (χ3v) is 12.7. The average molecular weight is 446 g/mol. The summed E-state index contributed by atoms with van der Waals surface area (Å²) >= 11 is 0. The Morgan fingerprint density at radius 3 is 1.90 bits per heavy atom. The van der Waals surface area contributed by atoms with Crippen molar-refractivity contribution in [1.82, 2.24) is 9.97 Å². The number of hydrogen-bond donors (Lipinski definition) is 0. The van der Waals surface area contributed by atoms with Gasteiger partial charge in [0.25, 0.3) is 0 Å². The summed E-state index contributed by atoms with van der Waals surface area (Å²) in [5.41, 5.74) is 2.80. The summed E-state index contributed by atoms with van der Waals surface area (Å²) in [5.74, 6) is 0.214. The zero-order valence-corrected chi connectivity index (χ0v) is 20.6. The summed E-state index contributed by atoms with van der Waals surface area (Å²) in [7, 11) is -1.85. The number of halogens is 1. The number of aromatic nitrogens is 2. The predicted molar refractivity (Wildman–Crippen MR) is 126 cm³/mol. The lowest BCUT2D eigenvalue weighted by Crippen LogP contribution is -2.52. The van der Waals surface area contributed by atoms with Gasteiger partial charge in [0.05, 0.1) is 18.1 Å². The molecule has 1 aliphatic heterocycles. The molecule has 1 fully saturated rings. The highest BCUT2D eigenvalue weighted by Gasteiger charge is 2.46. The first-order valence-corrected chi connectivity index (χ1v) is 13.5. The van der Waals surface area contributed by atoms with Crippen LogP contribution in [0.25, 0.3) is 0 Å². The van der Waals surface area contributed by atoms with Gasteiger partial charge < -0.3 is 14.1 Å². The lowest BCUT2D eigenvalue weighted by Gasteiger charge is -2.46. The van der Waals surface area contributed by atoms with Gasteiger partial charge in [0.2, 0.25) is 8.32 Å². The zero-order chi connectivity index (χ0) is 22.6. The quantitative estimate of drug-likeness (QED) is 0.430. The summed E-state index contributed by atoms with van der Waals surface area (Å²) in [4.78, 5) is 11.0. The first kappa shape index (κ1) is 23.7. The number of piperidine rings is 1. The number of nitrogens with zero attached hydrogens (tertiary/aromatic N) is 3. The van der Waals surface area contributed by atoms with Crippen LogP contribution in [-0.4, -0.2) is 37.5 Å². The molecule has 5 nitrogen and oxygen atoms in total. The van der Waals surface area contributed by atoms with E-state index in [0.717, 1.165) is 31.6 Å². The SMILES string of the molecule is CC(C)[Si](OC1CCN(c2cnc(Oc3ccc(F)cc3)nc2)CC1)(C(C)C)C(C)C. The maximum Gasteiger partial charge on any atom is 0.322 e. The molecule has 0 amide bonds. The van der Waals surface area contributed by atoms with Gasteiger partial charge in [-0.25, -0.2) is 14.4 Å². The van der Waals surface area contributed by atoms with E-state index < -0.39 is 8.32 Å². The van der Waals surface area contributed by atoms with Crippen LogP contribution in [0.4, 0.5) is 10.1 Å². The van der Waals surface area contributed by atoms with Gasteiger partial charge in [-0.15, -0.1) is 0 Å². The topological polar surface area (TPSA) is 47.5 Å². The number of hydrogen-bond acceptors (Lipinski definition) is 5. The van der Waals surface area contributed by atoms with Crippen molar-refractivity contribution in [3.63, 3.8) is 0 Å². The number of rotatable bonds is 8. The average Bonchev–Trinajstić information content (AvgIpc) is 2.74. The van der Waals surface area contributed by atoms with Gasteiger partial charge in [-0.2, -0.15) is 0 Å². The molecule has 7 heteroatoms. The molecule has 31 heavy (non-hydrogen) atoms. The van der Waals surface area contributed by atoms with Crippen LogP contribution in [0.5, 0.6) is 11.8 Å². The summed E-state index contributed by atoms with van der Waals surface area (Å²) in [6, 6.07) is 6.09. The Hall–Kier alpha value is -1.99. The molecule has 0 radical (unpaired) electrons. The van der Waals surface area contributed by atoms with Crippen molar-refractivity contribution in [3.05, 3.63) is 42.5 Å². The third-order valence-electron chi connectivity index (χ3n) is 6.52. The smallest absolute Gasteiger partial charge is 0.322 e. The van der Waals surface area contributed by atoms with Gasteiger partial charge in [0.1, 0.15) is 11.6 Å². The van der Waals surface area contributed by atoms with E-state index in [4.69, 9.17) is 9.16 Å². The van der Waals surface area contributed by atoms with Gasteiger partial charge >= 0.3 is 6.01 Å². The summed E-state index contributed by atoms with van der Waals surface area (Å²) in [5, 5.41) is 0. The molecule has 0 spiro atoms. The Morgan fingerprint density at radius 2 is 1.42 bits per heavy atom. The second kappa shape index (κ2) is 10.1. The second-order valence-corrected chi connectivity index (χ2v) is 14.8. The van der Waals surface area contributed by atoms with Gasteiger partial charge in [-0.1, -0.05) is 41.5 Å². The van der Waals surface area contributed by atoms with Gasteiger partial charge in [-0.3, -0.25) is 0 Å². The second-order valence-electron chi connectivity index (χ2n) is 9.40. The highest BCUT2D eigenvalue weighted by molar-refractivity contribution is 6.77. The number of benzene rings is 1. The predicted octanol–water partition coefficient (Wildman–Crippen LogP) is 6.57. The first-order valence-electron chi connectivity index (χ1n) is 11.4. The Kier molecular flexibility index (Phi) is 7.70. The van der Waals surface area contributed by atoms with Crippen LogP contribution in [0.1, 0.15) is 54.4 Å². The van der Waals surface area contributed by atoms with Crippen molar-refractivity contribution in [1.29, 1.82) is 0 Å². The van der Waals surface area contributed by atoms with Crippen molar-refractivity contribution < 1.29 is 13.6 Å². The Morgan fingerprint density at radius 1 is 0.903 bits per heavy atom. The van der Waals surface area contributed by atoms with E-state index in [-0.39, 0.29) is 11.8 Å². The summed E-state index contributed by atoms with van der Waals surface area (Å²) < 4.78 is 25.6. The van der Waals surface area contributed by atoms with Crippen LogP contribution in [0.3, 0.4) is 0 Å². The van der Waals surface area contributed by atoms with E-state index in [2.05, 4.69) is 56.4 Å². The van der Waals surface area contributed by atoms with Crippen LogP contribution >= 0.6 is 0 Å². The molecule has 0 unspecified atom stereocenters. The van der Waals surface area contributed by atoms with Crippen LogP contribution in [0.2, 0.25) is 16.6 Å². The molecular formula is C24H36FN3O2Si. The molecule has 0 atom stereocenters. The van der Waals surface area contributed by atoms with E-state index in [1.165, 1.54) is 12.1 Å². The Bertz CT molecular complexity index is 798. The first-order chi connectivity index (χ1) is 14.7. The van der Waals surface area contributed by atoms with Crippen LogP contribution in [0, 0.1) is 5.82 Å². The lowest BCUT2D eigenvalue weighted by molar-refractivity contribution is 0.146. The third kappa shape index (κ3) is 5.44. The fraction of sp³-hybridized carbons (Fsp3) is 0.583. The normalized spacial score (nSPS) is 15.9. The van der Waals surface area contributed by atoms with E-state index in [0.29, 0.717) is 28.5 Å². The van der Waals surface area contributed by atoms with Gasteiger partial charge in [-0.05, 0) is 53.7 Å². The molecule has 170 valence electrons. The number of anilines is 1. The van der Waals surface area contributed by atoms with Gasteiger partial charge in [0.15, 0.2) is 0 Å². The van der Waals surface area contributed by atoms with Crippen molar-refractivity contribution in [2.75, 3.05) is 18.0 Å². The van der Waals surface area contributed by atoms with Crippen LogP contribution < -0.4 is 9.64 Å². The maximum atomic E-state index is 13.0. The molecule has 2 heterocycles. The molecule has 1 aromatic carbocycles. The molecule has 0 N–H and O–H groups in total. The summed E-state index contributed by atoms with van der Waals surface area (Å²) in [6.07, 6.45) is 5.96. The standard InChI is InChI=1S/C24H36FN3O2Si/c1-17(2)31(18(3)4,19(5)6)30-23-11-13-28(14-12-23)21-15-26-24(27-16-21)29-22-9-7-20(25)8-10-22/h7-10,15-19,23H,11-14H2,1-6H3. The van der Waals surface area contributed by atoms with E-state index in [1.807, 2.05) is 0 Å². The van der Waals surface area contributed by atoms with Crippen LogP contribution in [0.15, 0.2) is 36.7 Å². The van der Waals surface area contributed by atoms with E-state index >= 15 is 0 Å². The van der Waals surface area contributed by atoms with Crippen LogP contribution in [-0.2, 0) is 4.43 Å². The molecule has 1 saturated heterocycles. The molecule has 3 rings (SSSR count). The maximum absolute atomic E-state index is 13.0. The zero-order valence-electron chi connectivity index (χ0n) is 19.6. The Balaban J connectivity index is 1.58. The van der Waals surface area contributed by atoms with Crippen molar-refractivity contribution >= 4 is 14.0 Å². The molecular weight excluding hydrogens is 409 g/mol. The fourth-order valence-electron chi connectivity index (χ4n) is 5.06. The lowest BCUT2D eigenvalue weighted by atomic mass is 10.1. The highest BCUT2D eigenvalue weighted by Crippen LogP contribution is 2.44.